The lowest BCUT2D eigenvalue weighted by Crippen LogP contribution is -1.91. The number of hydrogen-bond acceptors (Lipinski definition) is 2. The SMILES string of the molecule is Cc1ccc(Oc2ccc(CCl)cc2C#N)cc1F. The highest BCUT2D eigenvalue weighted by molar-refractivity contribution is 6.17. The van der Waals surface area contributed by atoms with Crippen LogP contribution in [0.3, 0.4) is 0 Å². The summed E-state index contributed by atoms with van der Waals surface area (Å²) in [5.74, 6) is 0.736. The van der Waals surface area contributed by atoms with Crippen molar-refractivity contribution in [1.29, 1.82) is 5.26 Å². The smallest absolute Gasteiger partial charge is 0.145 e. The zero-order valence-electron chi connectivity index (χ0n) is 10.3. The predicted molar refractivity (Wildman–Crippen MR) is 71.9 cm³/mol. The van der Waals surface area contributed by atoms with Crippen LogP contribution in [0.15, 0.2) is 36.4 Å². The van der Waals surface area contributed by atoms with Gasteiger partial charge in [0, 0.05) is 11.9 Å². The van der Waals surface area contributed by atoms with Crippen molar-refractivity contribution in [2.75, 3.05) is 0 Å². The number of nitriles is 1. The van der Waals surface area contributed by atoms with Crippen LogP contribution in [0.2, 0.25) is 0 Å². The van der Waals surface area contributed by atoms with E-state index in [2.05, 4.69) is 0 Å². The lowest BCUT2D eigenvalue weighted by molar-refractivity contribution is 0.474. The van der Waals surface area contributed by atoms with Crippen molar-refractivity contribution >= 4 is 11.6 Å². The molecule has 0 saturated heterocycles. The molecule has 0 unspecified atom stereocenters. The van der Waals surface area contributed by atoms with Gasteiger partial charge in [-0.3, -0.25) is 0 Å². The van der Waals surface area contributed by atoms with Gasteiger partial charge in [0.05, 0.1) is 5.56 Å². The molecule has 0 saturated carbocycles. The van der Waals surface area contributed by atoms with Gasteiger partial charge in [0.2, 0.25) is 0 Å². The third kappa shape index (κ3) is 3.04. The average molecular weight is 276 g/mol. The molecule has 0 aliphatic carbocycles. The largest absolute Gasteiger partial charge is 0.456 e. The molecule has 0 N–H and O–H groups in total. The fourth-order valence-electron chi connectivity index (χ4n) is 1.60. The molecule has 2 aromatic rings. The Morgan fingerprint density at radius 2 is 2.05 bits per heavy atom. The van der Waals surface area contributed by atoms with E-state index < -0.39 is 0 Å². The Hall–Kier alpha value is -2.05. The fraction of sp³-hybridized carbons (Fsp3) is 0.133. The first kappa shape index (κ1) is 13.4. The van der Waals surface area contributed by atoms with Crippen LogP contribution in [0.4, 0.5) is 4.39 Å². The van der Waals surface area contributed by atoms with Crippen LogP contribution in [0.1, 0.15) is 16.7 Å². The van der Waals surface area contributed by atoms with Crippen LogP contribution in [0.5, 0.6) is 11.5 Å². The second-order valence-corrected chi connectivity index (χ2v) is 4.36. The van der Waals surface area contributed by atoms with Gasteiger partial charge in [0.1, 0.15) is 23.4 Å². The Bertz CT molecular complexity index is 649. The van der Waals surface area contributed by atoms with Gasteiger partial charge in [0.15, 0.2) is 0 Å². The summed E-state index contributed by atoms with van der Waals surface area (Å²) in [6, 6.07) is 11.7. The van der Waals surface area contributed by atoms with E-state index in [-0.39, 0.29) is 5.82 Å². The summed E-state index contributed by atoms with van der Waals surface area (Å²) in [7, 11) is 0. The van der Waals surface area contributed by atoms with E-state index in [0.29, 0.717) is 28.5 Å². The minimum atomic E-state index is -0.339. The van der Waals surface area contributed by atoms with Crippen LogP contribution in [-0.2, 0) is 5.88 Å². The normalized spacial score (nSPS) is 10.0. The first-order chi connectivity index (χ1) is 9.13. The van der Waals surface area contributed by atoms with Crippen molar-refractivity contribution < 1.29 is 9.13 Å². The minimum absolute atomic E-state index is 0.327. The van der Waals surface area contributed by atoms with Gasteiger partial charge in [-0.15, -0.1) is 11.6 Å². The summed E-state index contributed by atoms with van der Waals surface area (Å²) >= 11 is 5.71. The highest BCUT2D eigenvalue weighted by Crippen LogP contribution is 2.27. The van der Waals surface area contributed by atoms with E-state index in [1.807, 2.05) is 6.07 Å². The molecule has 96 valence electrons. The zero-order chi connectivity index (χ0) is 13.8. The topological polar surface area (TPSA) is 33.0 Å². The van der Waals surface area contributed by atoms with Crippen LogP contribution in [-0.4, -0.2) is 0 Å². The molecular weight excluding hydrogens is 265 g/mol. The quantitative estimate of drug-likeness (QED) is 0.771. The van der Waals surface area contributed by atoms with Gasteiger partial charge in [-0.25, -0.2) is 4.39 Å². The summed E-state index contributed by atoms with van der Waals surface area (Å²) in [6.45, 7) is 1.68. The number of hydrogen-bond donors (Lipinski definition) is 0. The molecule has 0 radical (unpaired) electrons. The maximum atomic E-state index is 13.4. The van der Waals surface area contributed by atoms with E-state index in [0.717, 1.165) is 5.56 Å². The van der Waals surface area contributed by atoms with Crippen LogP contribution >= 0.6 is 11.6 Å². The van der Waals surface area contributed by atoms with E-state index in [1.165, 1.54) is 6.07 Å². The van der Waals surface area contributed by atoms with E-state index in [4.69, 9.17) is 21.6 Å². The molecule has 2 rings (SSSR count). The Balaban J connectivity index is 2.33. The molecule has 0 aliphatic heterocycles. The van der Waals surface area contributed by atoms with Gasteiger partial charge in [0.25, 0.3) is 0 Å². The molecule has 2 nitrogen and oxygen atoms in total. The molecule has 0 amide bonds. The van der Waals surface area contributed by atoms with Crippen molar-refractivity contribution in [2.45, 2.75) is 12.8 Å². The number of alkyl halides is 1. The molecule has 4 heteroatoms. The molecule has 0 fully saturated rings. The van der Waals surface area contributed by atoms with Crippen molar-refractivity contribution in [3.63, 3.8) is 0 Å². The monoisotopic (exact) mass is 275 g/mol. The third-order valence-electron chi connectivity index (χ3n) is 2.69. The number of aryl methyl sites for hydroxylation is 1. The van der Waals surface area contributed by atoms with E-state index in [1.54, 1.807) is 37.3 Å². The van der Waals surface area contributed by atoms with E-state index >= 15 is 0 Å². The molecule has 2 aromatic carbocycles. The highest BCUT2D eigenvalue weighted by Gasteiger charge is 2.07. The lowest BCUT2D eigenvalue weighted by atomic mass is 10.1. The molecule has 0 aromatic heterocycles. The van der Waals surface area contributed by atoms with Crippen LogP contribution in [0, 0.1) is 24.1 Å². The standard InChI is InChI=1S/C15H11ClFNO/c1-10-2-4-13(7-14(10)17)19-15-5-3-11(8-16)6-12(15)9-18/h2-7H,8H2,1H3. The maximum Gasteiger partial charge on any atom is 0.145 e. The molecule has 0 spiro atoms. The summed E-state index contributed by atoms with van der Waals surface area (Å²) in [5.41, 5.74) is 1.75. The predicted octanol–water partition coefficient (Wildman–Crippen LogP) is 4.54. The minimum Gasteiger partial charge on any atom is -0.456 e. The van der Waals surface area contributed by atoms with Gasteiger partial charge >= 0.3 is 0 Å². The van der Waals surface area contributed by atoms with Gasteiger partial charge in [-0.2, -0.15) is 5.26 Å². The van der Waals surface area contributed by atoms with Gasteiger partial charge in [-0.05, 0) is 36.2 Å². The Kier molecular flexibility index (Phi) is 4.03. The zero-order valence-corrected chi connectivity index (χ0v) is 11.0. The molecule has 0 atom stereocenters. The third-order valence-corrected chi connectivity index (χ3v) is 3.00. The molecular formula is C15H11ClFNO. The van der Waals surface area contributed by atoms with Crippen molar-refractivity contribution in [3.8, 4) is 17.6 Å². The van der Waals surface area contributed by atoms with Crippen LogP contribution in [0.25, 0.3) is 0 Å². The average Bonchev–Trinajstić information content (AvgIpc) is 2.43. The van der Waals surface area contributed by atoms with Crippen molar-refractivity contribution in [1.82, 2.24) is 0 Å². The summed E-state index contributed by atoms with van der Waals surface area (Å²) in [4.78, 5) is 0. The van der Waals surface area contributed by atoms with Gasteiger partial charge < -0.3 is 4.74 Å². The first-order valence-corrected chi connectivity index (χ1v) is 6.20. The summed E-state index contributed by atoms with van der Waals surface area (Å²) < 4.78 is 19.0. The number of halogens is 2. The first-order valence-electron chi connectivity index (χ1n) is 5.67. The lowest BCUT2D eigenvalue weighted by Gasteiger charge is -2.09. The molecule has 0 bridgehead atoms. The number of rotatable bonds is 3. The second-order valence-electron chi connectivity index (χ2n) is 4.09. The molecule has 0 aliphatic rings. The fourth-order valence-corrected chi connectivity index (χ4v) is 1.77. The Morgan fingerprint density at radius 3 is 2.68 bits per heavy atom. The van der Waals surface area contributed by atoms with Crippen molar-refractivity contribution in [3.05, 3.63) is 58.9 Å². The summed E-state index contributed by atoms with van der Waals surface area (Å²) in [5, 5.41) is 9.07. The maximum absolute atomic E-state index is 13.4. The number of benzene rings is 2. The second kappa shape index (κ2) is 5.73. The molecule has 0 heterocycles. The van der Waals surface area contributed by atoms with Gasteiger partial charge in [-0.1, -0.05) is 12.1 Å². The molecule has 19 heavy (non-hydrogen) atoms. The number of nitrogens with zero attached hydrogens (tertiary/aromatic N) is 1. The van der Waals surface area contributed by atoms with E-state index in [9.17, 15) is 4.39 Å². The van der Waals surface area contributed by atoms with Crippen molar-refractivity contribution in [2.24, 2.45) is 0 Å². The summed E-state index contributed by atoms with van der Waals surface area (Å²) in [6.07, 6.45) is 0. The Morgan fingerprint density at radius 1 is 1.26 bits per heavy atom. The highest BCUT2D eigenvalue weighted by atomic mass is 35.5. The Labute approximate surface area is 116 Å². The van der Waals surface area contributed by atoms with Crippen LogP contribution < -0.4 is 4.74 Å². The number of ether oxygens (including phenoxy) is 1.